The van der Waals surface area contributed by atoms with Gasteiger partial charge in [0.25, 0.3) is 0 Å². The van der Waals surface area contributed by atoms with Crippen molar-refractivity contribution in [1.29, 1.82) is 0 Å². The average Bonchev–Trinajstić information content (AvgIpc) is 2.45. The maximum atomic E-state index is 12.6. The molecule has 0 fully saturated rings. The van der Waals surface area contributed by atoms with Gasteiger partial charge in [0.15, 0.2) is 0 Å². The van der Waals surface area contributed by atoms with Gasteiger partial charge in [0, 0.05) is 19.2 Å². The molecule has 5 heteroatoms. The van der Waals surface area contributed by atoms with E-state index in [-0.39, 0.29) is 12.6 Å². The van der Waals surface area contributed by atoms with E-state index in [1.165, 1.54) is 4.31 Å². The van der Waals surface area contributed by atoms with Gasteiger partial charge in [-0.15, -0.1) is 0 Å². The first kappa shape index (κ1) is 17.1. The summed E-state index contributed by atoms with van der Waals surface area (Å²) in [7, 11) is -3.42. The van der Waals surface area contributed by atoms with Crippen LogP contribution in [0.15, 0.2) is 29.2 Å². The van der Waals surface area contributed by atoms with E-state index in [0.29, 0.717) is 17.9 Å². The highest BCUT2D eigenvalue weighted by Crippen LogP contribution is 2.20. The Labute approximate surface area is 122 Å². The van der Waals surface area contributed by atoms with Crippen LogP contribution in [0.5, 0.6) is 0 Å². The molecule has 1 unspecified atom stereocenters. The van der Waals surface area contributed by atoms with E-state index in [1.54, 1.807) is 12.1 Å². The summed E-state index contributed by atoms with van der Waals surface area (Å²) in [5.74, 6) is 0. The predicted molar refractivity (Wildman–Crippen MR) is 81.2 cm³/mol. The van der Waals surface area contributed by atoms with Crippen molar-refractivity contribution in [2.75, 3.05) is 13.2 Å². The van der Waals surface area contributed by atoms with Crippen molar-refractivity contribution in [3.63, 3.8) is 0 Å². The standard InChI is InChI=1S/C15H25NO3S/c1-4-13(3)16(5-2)20(18,19)15-10-8-14(9-11-15)7-6-12-17/h8-11,13,17H,4-7,12H2,1-3H3. The molecule has 0 saturated heterocycles. The Hall–Kier alpha value is -0.910. The summed E-state index contributed by atoms with van der Waals surface area (Å²) in [6.45, 7) is 6.40. The summed E-state index contributed by atoms with van der Waals surface area (Å²) in [5.41, 5.74) is 1.05. The molecule has 0 aliphatic rings. The maximum absolute atomic E-state index is 12.6. The third-order valence-electron chi connectivity index (χ3n) is 3.55. The Kier molecular flexibility index (Phi) is 6.65. The molecule has 0 radical (unpaired) electrons. The van der Waals surface area contributed by atoms with Gasteiger partial charge in [0.1, 0.15) is 0 Å². The lowest BCUT2D eigenvalue weighted by Gasteiger charge is -2.26. The average molecular weight is 299 g/mol. The first-order valence-electron chi connectivity index (χ1n) is 7.19. The molecule has 0 spiro atoms. The Balaban J connectivity index is 2.97. The minimum atomic E-state index is -3.42. The lowest BCUT2D eigenvalue weighted by Crippen LogP contribution is -2.38. The third-order valence-corrected chi connectivity index (χ3v) is 5.65. The quantitative estimate of drug-likeness (QED) is 0.802. The summed E-state index contributed by atoms with van der Waals surface area (Å²) >= 11 is 0. The molecule has 4 nitrogen and oxygen atoms in total. The summed E-state index contributed by atoms with van der Waals surface area (Å²) in [6, 6.07) is 6.97. The van der Waals surface area contributed by atoms with E-state index < -0.39 is 10.0 Å². The van der Waals surface area contributed by atoms with Crippen LogP contribution < -0.4 is 0 Å². The second kappa shape index (κ2) is 7.76. The Bertz CT molecular complexity index is 496. The van der Waals surface area contributed by atoms with Crippen LogP contribution in [0, 0.1) is 0 Å². The first-order chi connectivity index (χ1) is 9.47. The molecule has 0 amide bonds. The molecule has 1 rings (SSSR count). The second-order valence-corrected chi connectivity index (χ2v) is 6.83. The number of sulfonamides is 1. The lowest BCUT2D eigenvalue weighted by molar-refractivity contribution is 0.288. The highest BCUT2D eigenvalue weighted by molar-refractivity contribution is 7.89. The number of aliphatic hydroxyl groups is 1. The van der Waals surface area contributed by atoms with Gasteiger partial charge < -0.3 is 5.11 Å². The second-order valence-electron chi connectivity index (χ2n) is 4.94. The van der Waals surface area contributed by atoms with E-state index in [4.69, 9.17) is 5.11 Å². The molecule has 0 aromatic heterocycles. The molecule has 20 heavy (non-hydrogen) atoms. The van der Waals surface area contributed by atoms with Gasteiger partial charge in [-0.3, -0.25) is 0 Å². The van der Waals surface area contributed by atoms with E-state index in [2.05, 4.69) is 0 Å². The van der Waals surface area contributed by atoms with Crippen LogP contribution in [0.25, 0.3) is 0 Å². The van der Waals surface area contributed by atoms with Gasteiger partial charge in [-0.05, 0) is 43.9 Å². The number of rotatable bonds is 8. The number of benzene rings is 1. The van der Waals surface area contributed by atoms with E-state index in [9.17, 15) is 8.42 Å². The summed E-state index contributed by atoms with van der Waals surface area (Å²) < 4.78 is 26.7. The van der Waals surface area contributed by atoms with Crippen LogP contribution in [0.4, 0.5) is 0 Å². The van der Waals surface area contributed by atoms with Gasteiger partial charge in [-0.1, -0.05) is 26.0 Å². The van der Waals surface area contributed by atoms with Crippen molar-refractivity contribution in [1.82, 2.24) is 4.31 Å². The summed E-state index contributed by atoms with van der Waals surface area (Å²) in [5, 5.41) is 8.80. The highest BCUT2D eigenvalue weighted by atomic mass is 32.2. The number of nitrogens with zero attached hydrogens (tertiary/aromatic N) is 1. The van der Waals surface area contributed by atoms with Gasteiger partial charge in [0.05, 0.1) is 4.90 Å². The van der Waals surface area contributed by atoms with Crippen molar-refractivity contribution >= 4 is 10.0 Å². The molecular weight excluding hydrogens is 274 g/mol. The summed E-state index contributed by atoms with van der Waals surface area (Å²) in [6.07, 6.45) is 2.25. The third kappa shape index (κ3) is 4.04. The Morgan fingerprint density at radius 2 is 1.80 bits per heavy atom. The van der Waals surface area contributed by atoms with Crippen LogP contribution in [0.3, 0.4) is 0 Å². The first-order valence-corrected chi connectivity index (χ1v) is 8.63. The molecule has 0 aliphatic carbocycles. The molecular formula is C15H25NO3S. The fraction of sp³-hybridized carbons (Fsp3) is 0.600. The zero-order valence-corrected chi connectivity index (χ0v) is 13.4. The zero-order valence-electron chi connectivity index (χ0n) is 12.5. The molecule has 0 bridgehead atoms. The van der Waals surface area contributed by atoms with Crippen LogP contribution in [-0.2, 0) is 16.4 Å². The fourth-order valence-corrected chi connectivity index (χ4v) is 3.88. The minimum Gasteiger partial charge on any atom is -0.396 e. The normalized spacial score (nSPS) is 13.7. The van der Waals surface area contributed by atoms with Crippen LogP contribution in [-0.4, -0.2) is 37.0 Å². The van der Waals surface area contributed by atoms with Crippen molar-refractivity contribution in [3.8, 4) is 0 Å². The van der Waals surface area contributed by atoms with Crippen LogP contribution in [0.2, 0.25) is 0 Å². The number of aliphatic hydroxyl groups excluding tert-OH is 1. The highest BCUT2D eigenvalue weighted by Gasteiger charge is 2.26. The van der Waals surface area contributed by atoms with Crippen LogP contribution >= 0.6 is 0 Å². The molecule has 0 saturated carbocycles. The smallest absolute Gasteiger partial charge is 0.243 e. The van der Waals surface area contributed by atoms with Gasteiger partial charge in [-0.25, -0.2) is 8.42 Å². The molecule has 0 aliphatic heterocycles. The van der Waals surface area contributed by atoms with Crippen molar-refractivity contribution in [3.05, 3.63) is 29.8 Å². The number of hydrogen-bond donors (Lipinski definition) is 1. The van der Waals surface area contributed by atoms with Gasteiger partial charge >= 0.3 is 0 Å². The molecule has 0 heterocycles. The monoisotopic (exact) mass is 299 g/mol. The number of hydrogen-bond acceptors (Lipinski definition) is 3. The molecule has 1 aromatic carbocycles. The maximum Gasteiger partial charge on any atom is 0.243 e. The topological polar surface area (TPSA) is 57.6 Å². The van der Waals surface area contributed by atoms with E-state index in [1.807, 2.05) is 32.9 Å². The van der Waals surface area contributed by atoms with E-state index in [0.717, 1.165) is 18.4 Å². The Morgan fingerprint density at radius 3 is 2.25 bits per heavy atom. The van der Waals surface area contributed by atoms with Crippen molar-refractivity contribution in [2.24, 2.45) is 0 Å². The SMILES string of the molecule is CCC(C)N(CC)S(=O)(=O)c1ccc(CCCO)cc1. The number of aryl methyl sites for hydroxylation is 1. The fourth-order valence-electron chi connectivity index (χ4n) is 2.17. The molecule has 114 valence electrons. The lowest BCUT2D eigenvalue weighted by atomic mass is 10.1. The van der Waals surface area contributed by atoms with Crippen molar-refractivity contribution < 1.29 is 13.5 Å². The largest absolute Gasteiger partial charge is 0.396 e. The Morgan fingerprint density at radius 1 is 1.20 bits per heavy atom. The molecule has 1 N–H and O–H groups in total. The van der Waals surface area contributed by atoms with E-state index >= 15 is 0 Å². The van der Waals surface area contributed by atoms with Gasteiger partial charge in [0.2, 0.25) is 10.0 Å². The molecule has 1 atom stereocenters. The van der Waals surface area contributed by atoms with Gasteiger partial charge in [-0.2, -0.15) is 4.31 Å². The van der Waals surface area contributed by atoms with Crippen molar-refractivity contribution in [2.45, 2.75) is 51.0 Å². The molecule has 1 aromatic rings. The minimum absolute atomic E-state index is 0.000865. The zero-order chi connectivity index (χ0) is 15.2. The predicted octanol–water partition coefficient (Wildman–Crippen LogP) is 2.42. The van der Waals surface area contributed by atoms with Crippen LogP contribution in [0.1, 0.15) is 39.2 Å². The summed E-state index contributed by atoms with van der Waals surface area (Å²) in [4.78, 5) is 0.340.